The van der Waals surface area contributed by atoms with Crippen molar-refractivity contribution in [3.63, 3.8) is 0 Å². The molecule has 15 atom stereocenters. The predicted molar refractivity (Wildman–Crippen MR) is 279 cm³/mol. The molecule has 4 aliphatic rings. The van der Waals surface area contributed by atoms with Gasteiger partial charge < -0.3 is 63.6 Å². The molecule has 3 aliphatic heterocycles. The number of Topliss-reactive ketones (excluding diaryl/α,β-unsaturated/α-hetero) is 3. The number of rotatable bonds is 15. The molecule has 18 heteroatoms. The summed E-state index contributed by atoms with van der Waals surface area (Å²) in [5.41, 5.74) is 1.10. The van der Waals surface area contributed by atoms with Gasteiger partial charge in [-0.1, -0.05) is 71.1 Å². The molecule has 0 aromatic carbocycles. The fourth-order valence-electron chi connectivity index (χ4n) is 10.9. The van der Waals surface area contributed by atoms with E-state index >= 15 is 0 Å². The highest BCUT2D eigenvalue weighted by atomic mass is 16.6. The number of aliphatic hydroxyl groups excluding tert-OH is 4. The third-order valence-electron chi connectivity index (χ3n) is 15.6. The predicted octanol–water partition coefficient (Wildman–Crippen LogP) is 4.94. The number of amides is 1. The zero-order chi connectivity index (χ0) is 55.4. The number of ether oxygens (including phenoxy) is 7. The zero-order valence-electron chi connectivity index (χ0n) is 46.1. The summed E-state index contributed by atoms with van der Waals surface area (Å²) in [5, 5.41) is 53.1. The van der Waals surface area contributed by atoms with Crippen molar-refractivity contribution in [2.45, 2.75) is 186 Å². The second-order valence-corrected chi connectivity index (χ2v) is 21.7. The first kappa shape index (κ1) is 64.0. The minimum Gasteiger partial charge on any atom is -0.460 e. The van der Waals surface area contributed by atoms with Crippen LogP contribution >= 0.6 is 0 Å². The maximum atomic E-state index is 14.5. The van der Waals surface area contributed by atoms with Crippen LogP contribution in [-0.4, -0.2) is 181 Å². The van der Waals surface area contributed by atoms with E-state index in [2.05, 4.69) is 0 Å². The fourth-order valence-corrected chi connectivity index (χ4v) is 10.9. The Bertz CT molecular complexity index is 1940. The lowest BCUT2D eigenvalue weighted by Gasteiger charge is -2.43. The highest BCUT2D eigenvalue weighted by Crippen LogP contribution is 2.38. The van der Waals surface area contributed by atoms with Crippen molar-refractivity contribution < 1.29 is 82.7 Å². The normalized spacial score (nSPS) is 36.7. The van der Waals surface area contributed by atoms with Crippen molar-refractivity contribution in [3.05, 3.63) is 47.6 Å². The van der Waals surface area contributed by atoms with Crippen LogP contribution < -0.4 is 0 Å². The summed E-state index contributed by atoms with van der Waals surface area (Å²) < 4.78 is 41.6. The van der Waals surface area contributed by atoms with E-state index in [0.717, 1.165) is 10.5 Å². The second-order valence-electron chi connectivity index (χ2n) is 21.7. The maximum Gasteiger partial charge on any atom is 0.329 e. The maximum absolute atomic E-state index is 14.5. The van der Waals surface area contributed by atoms with Gasteiger partial charge in [0.15, 0.2) is 5.78 Å². The van der Waals surface area contributed by atoms with Crippen molar-refractivity contribution in [2.75, 3.05) is 60.4 Å². The molecule has 0 spiro atoms. The first-order valence-corrected chi connectivity index (χ1v) is 27.4. The summed E-state index contributed by atoms with van der Waals surface area (Å²) in [6.07, 6.45) is 8.92. The lowest BCUT2D eigenvalue weighted by Crippen LogP contribution is -2.61. The van der Waals surface area contributed by atoms with Gasteiger partial charge in [-0.2, -0.15) is 0 Å². The number of piperidine rings is 1. The number of carbonyl (C=O) groups is 5. The number of carbonyl (C=O) groups excluding carboxylic acids is 5. The van der Waals surface area contributed by atoms with Gasteiger partial charge in [-0.3, -0.25) is 19.2 Å². The molecule has 75 heavy (non-hydrogen) atoms. The van der Waals surface area contributed by atoms with Crippen LogP contribution in [0.5, 0.6) is 0 Å². The summed E-state index contributed by atoms with van der Waals surface area (Å²) in [4.78, 5) is 72.8. The average Bonchev–Trinajstić information content (AvgIpc) is 3.38. The van der Waals surface area contributed by atoms with Gasteiger partial charge in [-0.15, -0.1) is 0 Å². The molecule has 0 aromatic rings. The van der Waals surface area contributed by atoms with Crippen LogP contribution in [0, 0.1) is 35.5 Å². The minimum absolute atomic E-state index is 0.0347. The smallest absolute Gasteiger partial charge is 0.329 e. The van der Waals surface area contributed by atoms with E-state index < -0.39 is 90.0 Å². The fraction of sp³-hybridized carbons (Fsp3) is 0.772. The third-order valence-corrected chi connectivity index (χ3v) is 15.6. The summed E-state index contributed by atoms with van der Waals surface area (Å²) in [6.45, 7) is 12.3. The van der Waals surface area contributed by atoms with E-state index in [0.29, 0.717) is 63.4 Å². The summed E-state index contributed by atoms with van der Waals surface area (Å²) in [7, 11) is 2.92. The van der Waals surface area contributed by atoms with Crippen LogP contribution in [0.3, 0.4) is 0 Å². The van der Waals surface area contributed by atoms with Crippen molar-refractivity contribution in [1.29, 1.82) is 0 Å². The molecule has 1 unspecified atom stereocenters. The van der Waals surface area contributed by atoms with Crippen LogP contribution in [0.25, 0.3) is 0 Å². The second kappa shape index (κ2) is 31.8. The molecule has 2 bridgehead atoms. The molecule has 5 N–H and O–H groups in total. The van der Waals surface area contributed by atoms with E-state index in [9.17, 15) is 49.5 Å². The Morgan fingerprint density at radius 2 is 1.52 bits per heavy atom. The van der Waals surface area contributed by atoms with Gasteiger partial charge in [-0.25, -0.2) is 4.79 Å². The van der Waals surface area contributed by atoms with Crippen LogP contribution in [0.15, 0.2) is 47.6 Å². The number of hydrogen-bond acceptors (Lipinski definition) is 17. The number of hydrogen-bond donors (Lipinski definition) is 5. The van der Waals surface area contributed by atoms with E-state index in [1.165, 1.54) is 7.11 Å². The molecule has 4 rings (SSSR count). The SMILES string of the molecule is CO[C@@H]1C[C@H](C[C@@H](C)[C@@H]2CC(=O)[C@H](C)/C=C(\C)[C@@H](O)[C@@H](OC)C(=O)[C@H](C)C[C@H](C)/C=C/C=C/C=C(\C)C(OC(COCCO)COCCO)C[C@@H]3CC[C@@H](C)[C@@](O)(O3)C(=O)C(=O)N3CCCC[C@H]3C(=O)O2)CC[C@H]1O. The number of aliphatic hydroxyl groups is 5. The van der Waals surface area contributed by atoms with Gasteiger partial charge in [0, 0.05) is 51.4 Å². The van der Waals surface area contributed by atoms with Gasteiger partial charge in [0.1, 0.15) is 36.2 Å². The van der Waals surface area contributed by atoms with E-state index in [1.54, 1.807) is 40.9 Å². The molecule has 2 saturated heterocycles. The Hall–Kier alpha value is -3.53. The quantitative estimate of drug-likeness (QED) is 0.0630. The van der Waals surface area contributed by atoms with Gasteiger partial charge in [-0.05, 0) is 107 Å². The van der Waals surface area contributed by atoms with Gasteiger partial charge in [0.2, 0.25) is 5.79 Å². The number of allylic oxidation sites excluding steroid dienone is 6. The number of nitrogens with zero attached hydrogens (tertiary/aromatic N) is 1. The Morgan fingerprint density at radius 3 is 2.17 bits per heavy atom. The molecular weight excluding hydrogens is 971 g/mol. The Balaban J connectivity index is 1.75. The molecule has 426 valence electrons. The van der Waals surface area contributed by atoms with Gasteiger partial charge in [0.25, 0.3) is 11.7 Å². The molecule has 0 aromatic heterocycles. The summed E-state index contributed by atoms with van der Waals surface area (Å²) >= 11 is 0. The average molecular weight is 1060 g/mol. The van der Waals surface area contributed by atoms with Crippen molar-refractivity contribution >= 4 is 29.2 Å². The molecule has 0 radical (unpaired) electrons. The summed E-state index contributed by atoms with van der Waals surface area (Å²) in [6, 6.07) is -1.20. The Labute approximate surface area is 445 Å². The van der Waals surface area contributed by atoms with E-state index in [-0.39, 0.29) is 101 Å². The lowest BCUT2D eigenvalue weighted by atomic mass is 9.78. The van der Waals surface area contributed by atoms with Crippen molar-refractivity contribution in [2.24, 2.45) is 35.5 Å². The zero-order valence-corrected chi connectivity index (χ0v) is 46.1. The molecule has 1 aliphatic carbocycles. The van der Waals surface area contributed by atoms with Crippen molar-refractivity contribution in [1.82, 2.24) is 4.90 Å². The largest absolute Gasteiger partial charge is 0.460 e. The standard InChI is InChI=1S/C57H91NO17/c1-35-15-11-10-12-16-36(2)48(73-44(33-71-25-23-59)34-72-26-24-60)31-43-20-18-41(7)57(68,75-43)54(65)55(66)58-22-14-13-17-45(58)56(67)74-49(38(4)29-42-19-21-46(61)50(30-42)69-8)32-47(62)37(3)28-40(6)52(64)53(70-9)51(63)39(5)27-35/h10-12,15-16,28,35,37-39,41-46,48-50,52-53,59-61,64,68H,13-14,17-27,29-34H2,1-9H3/b12-10+,15-11+,36-16+,40-28+/t35-,37-,38-,39-,41-,42+,43+,45+,46-,48?,49+,50-,52-,53+,57-/m1/s1. The number of fused-ring (bicyclic) bond motifs is 3. The highest BCUT2D eigenvalue weighted by Gasteiger charge is 2.53. The first-order chi connectivity index (χ1) is 35.7. The van der Waals surface area contributed by atoms with E-state index in [4.69, 9.17) is 33.2 Å². The number of cyclic esters (lactones) is 1. The van der Waals surface area contributed by atoms with Gasteiger partial charge >= 0.3 is 5.97 Å². The van der Waals surface area contributed by atoms with Crippen LogP contribution in [0.2, 0.25) is 0 Å². The molecule has 1 saturated carbocycles. The first-order valence-electron chi connectivity index (χ1n) is 27.4. The molecule has 3 heterocycles. The third kappa shape index (κ3) is 18.8. The number of methoxy groups -OCH3 is 2. The van der Waals surface area contributed by atoms with Crippen LogP contribution in [0.1, 0.15) is 126 Å². The molecular formula is C57H91NO17. The molecule has 18 nitrogen and oxygen atoms in total. The topological polar surface area (TPSA) is 254 Å². The molecule has 3 fully saturated rings. The van der Waals surface area contributed by atoms with Gasteiger partial charge in [0.05, 0.1) is 64.1 Å². The monoisotopic (exact) mass is 1060 g/mol. The van der Waals surface area contributed by atoms with Crippen molar-refractivity contribution in [3.8, 4) is 0 Å². The Morgan fingerprint density at radius 1 is 0.827 bits per heavy atom. The van der Waals surface area contributed by atoms with Crippen LogP contribution in [0.4, 0.5) is 0 Å². The summed E-state index contributed by atoms with van der Waals surface area (Å²) in [5.74, 6) is -8.64. The number of esters is 1. The Kier molecular flexibility index (Phi) is 27.1. The highest BCUT2D eigenvalue weighted by molar-refractivity contribution is 6.39. The lowest BCUT2D eigenvalue weighted by molar-refractivity contribution is -0.266. The van der Waals surface area contributed by atoms with Crippen LogP contribution in [-0.2, 0) is 57.1 Å². The molecule has 1 amide bonds. The van der Waals surface area contributed by atoms with E-state index in [1.807, 2.05) is 51.2 Å². The minimum atomic E-state index is -2.55. The number of ketones is 3.